The predicted octanol–water partition coefficient (Wildman–Crippen LogP) is 1.77. The SMILES string of the molecule is CC(C)COC=O.CCCOC(C)=O. The second-order valence-corrected chi connectivity index (χ2v) is 3.16. The molecule has 0 fully saturated rings. The quantitative estimate of drug-likeness (QED) is 0.506. The summed E-state index contributed by atoms with van der Waals surface area (Å²) in [6.45, 7) is 8.91. The molecule has 0 N–H and O–H groups in total. The Bertz CT molecular complexity index is 143. The van der Waals surface area contributed by atoms with Crippen LogP contribution in [0, 0.1) is 5.92 Å². The van der Waals surface area contributed by atoms with Gasteiger partial charge in [-0.1, -0.05) is 20.8 Å². The molecule has 0 aromatic heterocycles. The molecule has 0 aliphatic heterocycles. The van der Waals surface area contributed by atoms with Crippen molar-refractivity contribution in [2.75, 3.05) is 13.2 Å². The first-order chi connectivity index (χ1) is 6.54. The van der Waals surface area contributed by atoms with Crippen LogP contribution >= 0.6 is 0 Å². The number of hydrogen-bond acceptors (Lipinski definition) is 4. The van der Waals surface area contributed by atoms with Crippen molar-refractivity contribution in [1.82, 2.24) is 0 Å². The molecule has 0 saturated heterocycles. The van der Waals surface area contributed by atoms with Gasteiger partial charge in [0.1, 0.15) is 0 Å². The van der Waals surface area contributed by atoms with Gasteiger partial charge >= 0.3 is 5.97 Å². The van der Waals surface area contributed by atoms with E-state index >= 15 is 0 Å². The zero-order valence-corrected chi connectivity index (χ0v) is 9.41. The number of esters is 1. The highest BCUT2D eigenvalue weighted by Gasteiger charge is 1.88. The van der Waals surface area contributed by atoms with Crippen LogP contribution in [0.4, 0.5) is 0 Å². The third-order valence-corrected chi connectivity index (χ3v) is 1.01. The average Bonchev–Trinajstić information content (AvgIpc) is 2.12. The van der Waals surface area contributed by atoms with Gasteiger partial charge in [-0.05, 0) is 12.3 Å². The molecule has 84 valence electrons. The summed E-state index contributed by atoms with van der Waals surface area (Å²) in [5.41, 5.74) is 0. The second-order valence-electron chi connectivity index (χ2n) is 3.16. The van der Waals surface area contributed by atoms with Crippen LogP contribution in [-0.4, -0.2) is 25.7 Å². The molecular weight excluding hydrogens is 184 g/mol. The predicted molar refractivity (Wildman–Crippen MR) is 53.8 cm³/mol. The number of ether oxygens (including phenoxy) is 2. The highest BCUT2D eigenvalue weighted by Crippen LogP contribution is 1.88. The highest BCUT2D eigenvalue weighted by molar-refractivity contribution is 5.65. The third kappa shape index (κ3) is 22.4. The van der Waals surface area contributed by atoms with Crippen molar-refractivity contribution in [2.45, 2.75) is 34.1 Å². The van der Waals surface area contributed by atoms with Crippen LogP contribution < -0.4 is 0 Å². The number of carbonyl (C=O) groups excluding carboxylic acids is 2. The van der Waals surface area contributed by atoms with E-state index in [1.807, 2.05) is 20.8 Å². The molecule has 0 aromatic carbocycles. The smallest absolute Gasteiger partial charge is 0.302 e. The third-order valence-electron chi connectivity index (χ3n) is 1.01. The first kappa shape index (κ1) is 15.4. The molecule has 0 bridgehead atoms. The van der Waals surface area contributed by atoms with Crippen LogP contribution in [0.1, 0.15) is 34.1 Å². The summed E-state index contributed by atoms with van der Waals surface area (Å²) in [6.07, 6.45) is 0.902. The molecule has 0 aliphatic carbocycles. The summed E-state index contributed by atoms with van der Waals surface area (Å²) < 4.78 is 8.97. The van der Waals surface area contributed by atoms with E-state index < -0.39 is 0 Å². The summed E-state index contributed by atoms with van der Waals surface area (Å²) in [4.78, 5) is 19.5. The van der Waals surface area contributed by atoms with Crippen LogP contribution in [0.5, 0.6) is 0 Å². The Balaban J connectivity index is 0. The van der Waals surface area contributed by atoms with Crippen LogP contribution in [0.15, 0.2) is 0 Å². The van der Waals surface area contributed by atoms with E-state index in [1.54, 1.807) is 0 Å². The van der Waals surface area contributed by atoms with Gasteiger partial charge < -0.3 is 9.47 Å². The average molecular weight is 204 g/mol. The fourth-order valence-electron chi connectivity index (χ4n) is 0.478. The molecule has 4 nitrogen and oxygen atoms in total. The van der Waals surface area contributed by atoms with Gasteiger partial charge in [-0.2, -0.15) is 0 Å². The maximum absolute atomic E-state index is 9.98. The maximum Gasteiger partial charge on any atom is 0.302 e. The van der Waals surface area contributed by atoms with Gasteiger partial charge in [0.05, 0.1) is 13.2 Å². The summed E-state index contributed by atoms with van der Waals surface area (Å²) in [7, 11) is 0. The molecule has 0 rings (SSSR count). The largest absolute Gasteiger partial charge is 0.468 e. The van der Waals surface area contributed by atoms with Crippen molar-refractivity contribution in [1.29, 1.82) is 0 Å². The molecule has 0 radical (unpaired) electrons. The monoisotopic (exact) mass is 204 g/mol. The summed E-state index contributed by atoms with van der Waals surface area (Å²) in [5.74, 6) is 0.257. The molecule has 0 unspecified atom stereocenters. The second kappa shape index (κ2) is 11.9. The van der Waals surface area contributed by atoms with E-state index in [-0.39, 0.29) is 5.97 Å². The molecule has 0 atom stereocenters. The van der Waals surface area contributed by atoms with E-state index in [1.165, 1.54) is 6.92 Å². The van der Waals surface area contributed by atoms with E-state index in [2.05, 4.69) is 9.47 Å². The standard InChI is InChI=1S/2C5H10O2/c1-5(2)3-7-4-6;1-3-4-7-5(2)6/h4-5H,3H2,1-2H3;3-4H2,1-2H3. The number of rotatable bonds is 5. The van der Waals surface area contributed by atoms with Gasteiger partial charge in [-0.15, -0.1) is 0 Å². The lowest BCUT2D eigenvalue weighted by atomic mass is 10.2. The summed E-state index contributed by atoms with van der Waals surface area (Å²) in [5, 5.41) is 0. The minimum absolute atomic E-state index is 0.193. The van der Waals surface area contributed by atoms with Gasteiger partial charge in [0.15, 0.2) is 0 Å². The minimum atomic E-state index is -0.193. The molecule has 0 aliphatic rings. The molecule has 14 heavy (non-hydrogen) atoms. The molecule has 0 amide bonds. The Morgan fingerprint density at radius 2 is 2.00 bits per heavy atom. The summed E-state index contributed by atoms with van der Waals surface area (Å²) >= 11 is 0. The topological polar surface area (TPSA) is 52.6 Å². The lowest BCUT2D eigenvalue weighted by molar-refractivity contribution is -0.141. The summed E-state index contributed by atoms with van der Waals surface area (Å²) in [6, 6.07) is 0. The normalized spacial score (nSPS) is 8.64. The zero-order chi connectivity index (χ0) is 11.4. The first-order valence-electron chi connectivity index (χ1n) is 4.73. The molecule has 0 spiro atoms. The van der Waals surface area contributed by atoms with Crippen LogP contribution in [0.3, 0.4) is 0 Å². The van der Waals surface area contributed by atoms with Gasteiger partial charge in [-0.25, -0.2) is 0 Å². The maximum atomic E-state index is 9.98. The van der Waals surface area contributed by atoms with Crippen molar-refractivity contribution in [3.05, 3.63) is 0 Å². The van der Waals surface area contributed by atoms with Gasteiger partial charge in [0.2, 0.25) is 0 Å². The first-order valence-corrected chi connectivity index (χ1v) is 4.73. The van der Waals surface area contributed by atoms with Gasteiger partial charge in [0.25, 0.3) is 6.47 Å². The Morgan fingerprint density at radius 1 is 1.43 bits per heavy atom. The Kier molecular flexibility index (Phi) is 13.1. The van der Waals surface area contributed by atoms with E-state index in [9.17, 15) is 9.59 Å². The van der Waals surface area contributed by atoms with E-state index in [0.29, 0.717) is 25.6 Å². The number of hydrogen-bond donors (Lipinski definition) is 0. The van der Waals surface area contributed by atoms with Gasteiger partial charge in [-0.3, -0.25) is 9.59 Å². The lowest BCUT2D eigenvalue weighted by Crippen LogP contribution is -1.98. The zero-order valence-electron chi connectivity index (χ0n) is 9.41. The van der Waals surface area contributed by atoms with Crippen LogP contribution in [-0.2, 0) is 19.1 Å². The van der Waals surface area contributed by atoms with Gasteiger partial charge in [0, 0.05) is 6.92 Å². The number of carbonyl (C=O) groups is 2. The van der Waals surface area contributed by atoms with E-state index in [4.69, 9.17) is 0 Å². The Morgan fingerprint density at radius 3 is 2.14 bits per heavy atom. The molecule has 0 heterocycles. The van der Waals surface area contributed by atoms with Crippen molar-refractivity contribution in [3.8, 4) is 0 Å². The van der Waals surface area contributed by atoms with Crippen molar-refractivity contribution >= 4 is 12.4 Å². The molecule has 0 aromatic rings. The fraction of sp³-hybridized carbons (Fsp3) is 0.800. The minimum Gasteiger partial charge on any atom is -0.468 e. The van der Waals surface area contributed by atoms with Crippen molar-refractivity contribution < 1.29 is 19.1 Å². The van der Waals surface area contributed by atoms with Crippen LogP contribution in [0.2, 0.25) is 0 Å². The molecular formula is C10H20O4. The Hall–Kier alpha value is -1.06. The molecule has 4 heteroatoms. The lowest BCUT2D eigenvalue weighted by Gasteiger charge is -1.98. The molecule has 0 saturated carbocycles. The highest BCUT2D eigenvalue weighted by atomic mass is 16.5. The fourth-order valence-corrected chi connectivity index (χ4v) is 0.478. The van der Waals surface area contributed by atoms with Crippen LogP contribution in [0.25, 0.3) is 0 Å². The van der Waals surface area contributed by atoms with Crippen molar-refractivity contribution in [2.24, 2.45) is 5.92 Å². The Labute approximate surface area is 85.6 Å². The van der Waals surface area contributed by atoms with E-state index in [0.717, 1.165) is 6.42 Å². The van der Waals surface area contributed by atoms with Crippen molar-refractivity contribution in [3.63, 3.8) is 0 Å².